The predicted molar refractivity (Wildman–Crippen MR) is 88.2 cm³/mol. The fourth-order valence-corrected chi connectivity index (χ4v) is 4.27. The molecule has 0 saturated heterocycles. The molecule has 0 bridgehead atoms. The van der Waals surface area contributed by atoms with Crippen LogP contribution in [0, 0.1) is 0 Å². The Morgan fingerprint density at radius 2 is 1.06 bits per heavy atom. The van der Waals surface area contributed by atoms with Crippen LogP contribution in [0.15, 0.2) is 0 Å². The van der Waals surface area contributed by atoms with Gasteiger partial charge in [-0.3, -0.25) is 0 Å². The monoisotopic (exact) mass is 354 g/mol. The van der Waals surface area contributed by atoms with Gasteiger partial charge in [-0.05, 0) is 6.04 Å². The van der Waals surface area contributed by atoms with E-state index in [0.29, 0.717) is 0 Å². The lowest BCUT2D eigenvalue weighted by atomic mass is 10.1. The first kappa shape index (κ1) is 16.9. The van der Waals surface area contributed by atoms with E-state index in [2.05, 4.69) is 41.8 Å². The Kier molecular flexibility index (Phi) is 11.7. The smallest absolute Gasteiger partial charge is 0.119 e. The Morgan fingerprint density at radius 3 is 1.44 bits per heavy atom. The summed E-state index contributed by atoms with van der Waals surface area (Å²) < 4.78 is 0. The maximum absolute atomic E-state index is 2.70. The van der Waals surface area contributed by atoms with Crippen molar-refractivity contribution in [1.29, 1.82) is 0 Å². The molecular weight excluding hydrogens is 323 g/mol. The standard InChI is InChI=1S/C14H31ISi/c1-4-5-6-7-8-9-10-11-12-13-14-16(2,3)15/h4-14H2,1-3H3. The first-order chi connectivity index (χ1) is 7.56. The summed E-state index contributed by atoms with van der Waals surface area (Å²) in [5.74, 6) is 0. The van der Waals surface area contributed by atoms with Crippen molar-refractivity contribution in [3.05, 3.63) is 0 Å². The molecule has 0 heterocycles. The van der Waals surface area contributed by atoms with Crippen LogP contribution in [0.5, 0.6) is 0 Å². The molecule has 0 aliphatic rings. The zero-order valence-electron chi connectivity index (χ0n) is 11.7. The van der Waals surface area contributed by atoms with E-state index in [1.54, 1.807) is 0 Å². The zero-order valence-corrected chi connectivity index (χ0v) is 14.8. The van der Waals surface area contributed by atoms with Crippen molar-refractivity contribution in [2.24, 2.45) is 0 Å². The molecule has 0 atom stereocenters. The largest absolute Gasteiger partial charge is 0.119 e. The molecule has 0 nitrogen and oxygen atoms in total. The molecule has 2 heteroatoms. The van der Waals surface area contributed by atoms with Crippen LogP contribution in [0.3, 0.4) is 0 Å². The quantitative estimate of drug-likeness (QED) is 0.171. The average molecular weight is 354 g/mol. The Labute approximate surface area is 117 Å². The number of hydrogen-bond acceptors (Lipinski definition) is 0. The fraction of sp³-hybridized carbons (Fsp3) is 1.00. The second-order valence-electron chi connectivity index (χ2n) is 5.65. The molecule has 0 radical (unpaired) electrons. The lowest BCUT2D eigenvalue weighted by Crippen LogP contribution is -2.13. The van der Waals surface area contributed by atoms with E-state index in [1.165, 1.54) is 70.3 Å². The summed E-state index contributed by atoms with van der Waals surface area (Å²) in [4.78, 5) is 0. The van der Waals surface area contributed by atoms with Gasteiger partial charge in [0.15, 0.2) is 0 Å². The average Bonchev–Trinajstić information content (AvgIpc) is 2.19. The number of hydrogen-bond donors (Lipinski definition) is 0. The van der Waals surface area contributed by atoms with Crippen molar-refractivity contribution in [2.75, 3.05) is 0 Å². The van der Waals surface area contributed by atoms with Crippen molar-refractivity contribution < 1.29 is 0 Å². The Bertz CT molecular complexity index is 140. The Morgan fingerprint density at radius 1 is 0.688 bits per heavy atom. The van der Waals surface area contributed by atoms with Crippen LogP contribution in [-0.4, -0.2) is 5.57 Å². The van der Waals surface area contributed by atoms with Gasteiger partial charge in [0.2, 0.25) is 0 Å². The first-order valence-electron chi connectivity index (χ1n) is 7.25. The molecular formula is C14H31ISi. The third-order valence-corrected chi connectivity index (χ3v) is 6.29. The van der Waals surface area contributed by atoms with Gasteiger partial charge in [0.1, 0.15) is 5.57 Å². The van der Waals surface area contributed by atoms with Gasteiger partial charge in [-0.15, -0.1) is 21.8 Å². The van der Waals surface area contributed by atoms with Gasteiger partial charge in [0.05, 0.1) is 0 Å². The Hall–Kier alpha value is 0.947. The molecule has 16 heavy (non-hydrogen) atoms. The molecule has 0 aromatic carbocycles. The highest BCUT2D eigenvalue weighted by Crippen LogP contribution is 2.21. The van der Waals surface area contributed by atoms with Crippen molar-refractivity contribution in [3.63, 3.8) is 0 Å². The SMILES string of the molecule is CCCCCCCCCCCC[Si](C)(C)I. The first-order valence-corrected chi connectivity index (χ1v) is 13.6. The molecule has 0 unspecified atom stereocenters. The molecule has 0 amide bonds. The summed E-state index contributed by atoms with van der Waals surface area (Å²) in [6.07, 6.45) is 14.6. The lowest BCUT2D eigenvalue weighted by Gasteiger charge is -2.12. The molecule has 0 aliphatic carbocycles. The Balaban J connectivity index is 2.99. The fourth-order valence-electron chi connectivity index (χ4n) is 2.03. The van der Waals surface area contributed by atoms with Crippen LogP contribution in [0.2, 0.25) is 19.1 Å². The number of halogens is 1. The van der Waals surface area contributed by atoms with E-state index in [4.69, 9.17) is 0 Å². The summed E-state index contributed by atoms with van der Waals surface area (Å²) in [6.45, 7) is 7.24. The molecule has 0 fully saturated rings. The van der Waals surface area contributed by atoms with Gasteiger partial charge in [0.25, 0.3) is 0 Å². The van der Waals surface area contributed by atoms with Crippen LogP contribution in [0.4, 0.5) is 0 Å². The minimum atomic E-state index is -0.778. The summed E-state index contributed by atoms with van der Waals surface area (Å²) in [7, 11) is 0. The van der Waals surface area contributed by atoms with Crippen molar-refractivity contribution in [3.8, 4) is 0 Å². The van der Waals surface area contributed by atoms with E-state index in [1.807, 2.05) is 0 Å². The number of unbranched alkanes of at least 4 members (excludes halogenated alkanes) is 9. The van der Waals surface area contributed by atoms with E-state index in [0.717, 1.165) is 0 Å². The van der Waals surface area contributed by atoms with Gasteiger partial charge in [-0.1, -0.05) is 84.2 Å². The van der Waals surface area contributed by atoms with Crippen molar-refractivity contribution in [1.82, 2.24) is 0 Å². The van der Waals surface area contributed by atoms with Crippen LogP contribution >= 0.6 is 21.8 Å². The maximum Gasteiger partial charge on any atom is 0.119 e. The molecule has 0 saturated carbocycles. The minimum Gasteiger partial charge on any atom is -0.119 e. The molecule has 0 rings (SSSR count). The second-order valence-corrected chi connectivity index (χ2v) is 18.3. The zero-order chi connectivity index (χ0) is 12.3. The highest BCUT2D eigenvalue weighted by molar-refractivity contribution is 14.1. The number of rotatable bonds is 11. The van der Waals surface area contributed by atoms with E-state index in [-0.39, 0.29) is 0 Å². The van der Waals surface area contributed by atoms with E-state index < -0.39 is 5.57 Å². The van der Waals surface area contributed by atoms with Gasteiger partial charge in [-0.25, -0.2) is 0 Å². The third-order valence-electron chi connectivity index (χ3n) is 3.12. The van der Waals surface area contributed by atoms with E-state index in [9.17, 15) is 0 Å². The van der Waals surface area contributed by atoms with Crippen LogP contribution in [0.1, 0.15) is 71.1 Å². The van der Waals surface area contributed by atoms with Gasteiger partial charge in [0, 0.05) is 0 Å². The topological polar surface area (TPSA) is 0 Å². The molecule has 0 aromatic rings. The second kappa shape index (κ2) is 11.1. The normalized spacial score (nSPS) is 12.0. The molecule has 0 aliphatic heterocycles. The molecule has 0 N–H and O–H groups in total. The van der Waals surface area contributed by atoms with Gasteiger partial charge < -0.3 is 0 Å². The summed E-state index contributed by atoms with van der Waals surface area (Å²) in [5.41, 5.74) is -0.778. The predicted octanol–water partition coefficient (Wildman–Crippen LogP) is 6.55. The molecule has 0 spiro atoms. The summed E-state index contributed by atoms with van der Waals surface area (Å²) >= 11 is 2.70. The highest BCUT2D eigenvalue weighted by atomic mass is 127. The third kappa shape index (κ3) is 14.9. The van der Waals surface area contributed by atoms with E-state index >= 15 is 0 Å². The van der Waals surface area contributed by atoms with Crippen LogP contribution in [-0.2, 0) is 0 Å². The minimum absolute atomic E-state index is 0.778. The highest BCUT2D eigenvalue weighted by Gasteiger charge is 2.14. The molecule has 0 aromatic heterocycles. The lowest BCUT2D eigenvalue weighted by molar-refractivity contribution is 0.562. The van der Waals surface area contributed by atoms with Crippen molar-refractivity contribution in [2.45, 2.75) is 90.3 Å². The van der Waals surface area contributed by atoms with Crippen LogP contribution in [0.25, 0.3) is 0 Å². The summed E-state index contributed by atoms with van der Waals surface area (Å²) in [5, 5.41) is 0. The van der Waals surface area contributed by atoms with Gasteiger partial charge >= 0.3 is 0 Å². The molecule has 98 valence electrons. The van der Waals surface area contributed by atoms with Gasteiger partial charge in [-0.2, -0.15) is 0 Å². The van der Waals surface area contributed by atoms with Crippen LogP contribution < -0.4 is 0 Å². The maximum atomic E-state index is 2.70. The van der Waals surface area contributed by atoms with Crippen molar-refractivity contribution >= 4 is 27.4 Å². The summed E-state index contributed by atoms with van der Waals surface area (Å²) in [6, 6.07) is 1.52.